The summed E-state index contributed by atoms with van der Waals surface area (Å²) >= 11 is 1.38. The van der Waals surface area contributed by atoms with Crippen LogP contribution in [0, 0.1) is 5.82 Å². The zero-order valence-corrected chi connectivity index (χ0v) is 17.6. The SMILES string of the molecule is CC(C)(NC(=O)c1ccc2ccccc2c1OCc1nc2cc(F)ccc2s1)C(=O)O. The zero-order valence-electron chi connectivity index (χ0n) is 16.8. The van der Waals surface area contributed by atoms with Crippen molar-refractivity contribution in [2.24, 2.45) is 0 Å². The first-order valence-electron chi connectivity index (χ1n) is 9.50. The Morgan fingerprint density at radius 2 is 1.94 bits per heavy atom. The highest BCUT2D eigenvalue weighted by Gasteiger charge is 2.30. The van der Waals surface area contributed by atoms with E-state index in [2.05, 4.69) is 10.3 Å². The van der Waals surface area contributed by atoms with Crippen molar-refractivity contribution < 1.29 is 23.8 Å². The molecule has 0 bridgehead atoms. The molecule has 0 radical (unpaired) electrons. The van der Waals surface area contributed by atoms with Gasteiger partial charge in [-0.1, -0.05) is 30.3 Å². The van der Waals surface area contributed by atoms with E-state index in [1.165, 1.54) is 37.3 Å². The summed E-state index contributed by atoms with van der Waals surface area (Å²) in [6, 6.07) is 15.2. The maximum absolute atomic E-state index is 13.5. The molecule has 1 aromatic heterocycles. The second kappa shape index (κ2) is 7.96. The van der Waals surface area contributed by atoms with Gasteiger partial charge in [0.25, 0.3) is 5.91 Å². The van der Waals surface area contributed by atoms with E-state index in [9.17, 15) is 19.1 Å². The smallest absolute Gasteiger partial charge is 0.328 e. The number of carbonyl (C=O) groups is 2. The van der Waals surface area contributed by atoms with E-state index in [0.29, 0.717) is 16.3 Å². The molecule has 158 valence electrons. The van der Waals surface area contributed by atoms with Crippen molar-refractivity contribution in [3.8, 4) is 5.75 Å². The van der Waals surface area contributed by atoms with Crippen LogP contribution in [-0.4, -0.2) is 27.5 Å². The van der Waals surface area contributed by atoms with Gasteiger partial charge in [0.1, 0.15) is 28.7 Å². The lowest BCUT2D eigenvalue weighted by atomic mass is 10.0. The van der Waals surface area contributed by atoms with Gasteiger partial charge in [0.05, 0.1) is 15.8 Å². The third kappa shape index (κ3) is 4.20. The van der Waals surface area contributed by atoms with E-state index in [-0.39, 0.29) is 18.0 Å². The Kier molecular flexibility index (Phi) is 5.32. The average molecular weight is 438 g/mol. The van der Waals surface area contributed by atoms with Gasteiger partial charge in [0, 0.05) is 11.5 Å². The third-order valence-corrected chi connectivity index (χ3v) is 5.83. The standard InChI is InChI=1S/C23H19FN2O4S/c1-23(2,22(28)29)26-21(27)16-9-7-13-5-3-4-6-15(13)20(16)30-12-19-25-17-11-14(24)8-10-18(17)31-19/h3-11H,12H2,1-2H3,(H,26,27)(H,28,29). The van der Waals surface area contributed by atoms with Gasteiger partial charge in [-0.2, -0.15) is 0 Å². The highest BCUT2D eigenvalue weighted by molar-refractivity contribution is 7.18. The molecule has 0 unspecified atom stereocenters. The number of carbonyl (C=O) groups excluding carboxylic acids is 1. The number of hydrogen-bond donors (Lipinski definition) is 2. The van der Waals surface area contributed by atoms with E-state index >= 15 is 0 Å². The van der Waals surface area contributed by atoms with Gasteiger partial charge < -0.3 is 15.2 Å². The van der Waals surface area contributed by atoms with E-state index < -0.39 is 17.4 Å². The second-order valence-electron chi connectivity index (χ2n) is 7.56. The summed E-state index contributed by atoms with van der Waals surface area (Å²) in [5.41, 5.74) is -0.681. The molecule has 0 aliphatic carbocycles. The fourth-order valence-corrected chi connectivity index (χ4v) is 3.99. The molecule has 0 fully saturated rings. The molecule has 0 aliphatic rings. The maximum atomic E-state index is 13.5. The van der Waals surface area contributed by atoms with Gasteiger partial charge >= 0.3 is 5.97 Å². The summed E-state index contributed by atoms with van der Waals surface area (Å²) in [5.74, 6) is -1.73. The molecule has 8 heteroatoms. The Morgan fingerprint density at radius 1 is 1.16 bits per heavy atom. The number of carboxylic acid groups (broad SMARTS) is 1. The molecule has 6 nitrogen and oxygen atoms in total. The van der Waals surface area contributed by atoms with E-state index in [4.69, 9.17) is 4.74 Å². The van der Waals surface area contributed by atoms with Crippen molar-refractivity contribution in [1.29, 1.82) is 0 Å². The Labute approximate surface area is 181 Å². The van der Waals surface area contributed by atoms with Crippen LogP contribution in [-0.2, 0) is 11.4 Å². The first-order valence-corrected chi connectivity index (χ1v) is 10.3. The normalized spacial score (nSPS) is 11.6. The van der Waals surface area contributed by atoms with Gasteiger partial charge in [-0.25, -0.2) is 14.2 Å². The molecule has 2 N–H and O–H groups in total. The van der Waals surface area contributed by atoms with Crippen molar-refractivity contribution >= 4 is 44.2 Å². The number of carboxylic acids is 1. The van der Waals surface area contributed by atoms with Crippen LogP contribution in [0.2, 0.25) is 0 Å². The summed E-state index contributed by atoms with van der Waals surface area (Å²) in [7, 11) is 0. The summed E-state index contributed by atoms with van der Waals surface area (Å²) in [5, 5.41) is 14.1. The van der Waals surface area contributed by atoms with Crippen molar-refractivity contribution in [3.63, 3.8) is 0 Å². The van der Waals surface area contributed by atoms with Crippen LogP contribution in [0.3, 0.4) is 0 Å². The summed E-state index contributed by atoms with van der Waals surface area (Å²) in [6.07, 6.45) is 0. The van der Waals surface area contributed by atoms with Gasteiger partial charge in [0.15, 0.2) is 0 Å². The van der Waals surface area contributed by atoms with Crippen LogP contribution < -0.4 is 10.1 Å². The number of nitrogens with zero attached hydrogens (tertiary/aromatic N) is 1. The maximum Gasteiger partial charge on any atom is 0.328 e. The number of thiazole rings is 1. The molecular weight excluding hydrogens is 419 g/mol. The number of halogens is 1. The third-order valence-electron chi connectivity index (χ3n) is 4.82. The number of amides is 1. The lowest BCUT2D eigenvalue weighted by Crippen LogP contribution is -2.49. The molecule has 4 rings (SSSR count). The minimum Gasteiger partial charge on any atom is -0.485 e. The largest absolute Gasteiger partial charge is 0.485 e. The van der Waals surface area contributed by atoms with Crippen LogP contribution >= 0.6 is 11.3 Å². The van der Waals surface area contributed by atoms with Crippen molar-refractivity contribution in [1.82, 2.24) is 10.3 Å². The van der Waals surface area contributed by atoms with Gasteiger partial charge in [0.2, 0.25) is 0 Å². The summed E-state index contributed by atoms with van der Waals surface area (Å²) in [6.45, 7) is 2.90. The molecule has 3 aromatic carbocycles. The lowest BCUT2D eigenvalue weighted by Gasteiger charge is -2.22. The van der Waals surface area contributed by atoms with Gasteiger partial charge in [-0.3, -0.25) is 4.79 Å². The average Bonchev–Trinajstić information content (AvgIpc) is 3.13. The monoisotopic (exact) mass is 438 g/mol. The molecule has 1 amide bonds. The molecule has 31 heavy (non-hydrogen) atoms. The molecule has 0 atom stereocenters. The number of aliphatic carboxylic acids is 1. The molecule has 1 heterocycles. The van der Waals surface area contributed by atoms with Crippen LogP contribution in [0.25, 0.3) is 21.0 Å². The lowest BCUT2D eigenvalue weighted by molar-refractivity contribution is -0.143. The highest BCUT2D eigenvalue weighted by atomic mass is 32.1. The molecule has 0 aliphatic heterocycles. The molecular formula is C23H19FN2O4S. The predicted molar refractivity (Wildman–Crippen MR) is 117 cm³/mol. The van der Waals surface area contributed by atoms with Crippen LogP contribution in [0.4, 0.5) is 4.39 Å². The predicted octanol–water partition coefficient (Wildman–Crippen LogP) is 4.76. The first kappa shape index (κ1) is 20.7. The number of fused-ring (bicyclic) bond motifs is 2. The fourth-order valence-electron chi connectivity index (χ4n) is 3.13. The summed E-state index contributed by atoms with van der Waals surface area (Å²) in [4.78, 5) is 28.7. The highest BCUT2D eigenvalue weighted by Crippen LogP contribution is 2.32. The number of ether oxygens (including phenoxy) is 1. The van der Waals surface area contributed by atoms with Crippen LogP contribution in [0.15, 0.2) is 54.6 Å². The van der Waals surface area contributed by atoms with E-state index in [0.717, 1.165) is 15.5 Å². The van der Waals surface area contributed by atoms with E-state index in [1.807, 2.05) is 24.3 Å². The second-order valence-corrected chi connectivity index (χ2v) is 8.67. The van der Waals surface area contributed by atoms with E-state index in [1.54, 1.807) is 18.2 Å². The zero-order chi connectivity index (χ0) is 22.2. The minimum atomic E-state index is -1.45. The molecule has 0 saturated carbocycles. The van der Waals surface area contributed by atoms with Crippen molar-refractivity contribution in [2.45, 2.75) is 26.0 Å². The van der Waals surface area contributed by atoms with Crippen LogP contribution in [0.1, 0.15) is 29.2 Å². The molecule has 0 spiro atoms. The Balaban J connectivity index is 1.69. The molecule has 0 saturated heterocycles. The number of hydrogen-bond acceptors (Lipinski definition) is 5. The number of benzene rings is 3. The van der Waals surface area contributed by atoms with Crippen LogP contribution in [0.5, 0.6) is 5.75 Å². The van der Waals surface area contributed by atoms with Gasteiger partial charge in [-0.05, 0) is 37.4 Å². The fraction of sp³-hybridized carbons (Fsp3) is 0.174. The summed E-state index contributed by atoms with van der Waals surface area (Å²) < 4.78 is 20.3. The first-order chi connectivity index (χ1) is 14.7. The van der Waals surface area contributed by atoms with Gasteiger partial charge in [-0.15, -0.1) is 11.3 Å². The number of nitrogens with one attached hydrogen (secondary N) is 1. The van der Waals surface area contributed by atoms with Crippen molar-refractivity contribution in [2.75, 3.05) is 0 Å². The number of rotatable bonds is 6. The Bertz CT molecular complexity index is 1320. The quantitative estimate of drug-likeness (QED) is 0.453. The minimum absolute atomic E-state index is 0.0809. The topological polar surface area (TPSA) is 88.5 Å². The Hall–Kier alpha value is -3.52. The number of aromatic nitrogens is 1. The molecule has 4 aromatic rings. The Morgan fingerprint density at radius 3 is 2.71 bits per heavy atom. The van der Waals surface area contributed by atoms with Crippen molar-refractivity contribution in [3.05, 3.63) is 71.0 Å².